The third-order valence-corrected chi connectivity index (χ3v) is 3.76. The summed E-state index contributed by atoms with van der Waals surface area (Å²) in [7, 11) is 0. The highest BCUT2D eigenvalue weighted by Crippen LogP contribution is 2.20. The highest BCUT2D eigenvalue weighted by Gasteiger charge is 2.23. The van der Waals surface area contributed by atoms with Gasteiger partial charge >= 0.3 is 5.97 Å². The van der Waals surface area contributed by atoms with Gasteiger partial charge in [0.2, 0.25) is 0 Å². The Morgan fingerprint density at radius 3 is 2.70 bits per heavy atom. The van der Waals surface area contributed by atoms with Crippen molar-refractivity contribution in [3.63, 3.8) is 0 Å². The molecule has 0 saturated heterocycles. The summed E-state index contributed by atoms with van der Waals surface area (Å²) in [6, 6.07) is 11.1. The van der Waals surface area contributed by atoms with Gasteiger partial charge in [0.1, 0.15) is 0 Å². The molecule has 2 rings (SSSR count). The molecule has 0 aliphatic heterocycles. The number of hydrogen-bond donors (Lipinski definition) is 0. The van der Waals surface area contributed by atoms with E-state index in [2.05, 4.69) is 0 Å². The number of nitrogens with zero attached hydrogens (tertiary/aromatic N) is 2. The third-order valence-electron chi connectivity index (χ3n) is 3.76. The third kappa shape index (κ3) is 4.96. The number of hydrogen-bond acceptors (Lipinski definition) is 4. The van der Waals surface area contributed by atoms with E-state index in [1.807, 2.05) is 36.4 Å². The lowest BCUT2D eigenvalue weighted by atomic mass is 9.95. The van der Waals surface area contributed by atoms with Crippen LogP contribution in [-0.2, 0) is 14.3 Å². The van der Waals surface area contributed by atoms with Gasteiger partial charge in [-0.3, -0.25) is 9.59 Å². The molecule has 0 aromatic heterocycles. The number of para-hydroxylation sites is 1. The Morgan fingerprint density at radius 1 is 1.26 bits per heavy atom. The smallest absolute Gasteiger partial charge is 0.309 e. The Balaban J connectivity index is 1.93. The Morgan fingerprint density at radius 2 is 2.04 bits per heavy atom. The van der Waals surface area contributed by atoms with Gasteiger partial charge in [-0.05, 0) is 31.4 Å². The van der Waals surface area contributed by atoms with Crippen molar-refractivity contribution in [2.45, 2.75) is 25.7 Å². The number of ether oxygens (including phenoxy) is 1. The first-order valence-electron chi connectivity index (χ1n) is 7.76. The molecule has 5 heteroatoms. The first-order valence-corrected chi connectivity index (χ1v) is 7.76. The highest BCUT2D eigenvalue weighted by molar-refractivity contribution is 5.95. The zero-order valence-electron chi connectivity index (χ0n) is 13.0. The lowest BCUT2D eigenvalue weighted by Crippen LogP contribution is -2.36. The summed E-state index contributed by atoms with van der Waals surface area (Å²) in [5, 5.41) is 8.75. The number of benzene rings is 1. The van der Waals surface area contributed by atoms with E-state index in [0.717, 1.165) is 12.8 Å². The monoisotopic (exact) mass is 312 g/mol. The van der Waals surface area contributed by atoms with Gasteiger partial charge < -0.3 is 9.64 Å². The number of nitriles is 1. The quantitative estimate of drug-likeness (QED) is 0.598. The topological polar surface area (TPSA) is 70.4 Å². The number of esters is 1. The second-order valence-corrected chi connectivity index (χ2v) is 5.38. The summed E-state index contributed by atoms with van der Waals surface area (Å²) in [5.74, 6) is -0.792. The van der Waals surface area contributed by atoms with Gasteiger partial charge in [-0.1, -0.05) is 30.4 Å². The molecule has 0 bridgehead atoms. The minimum absolute atomic E-state index is 0.155. The summed E-state index contributed by atoms with van der Waals surface area (Å²) in [6.45, 7) is -0.0115. The number of anilines is 1. The molecular formula is C18H20N2O3. The van der Waals surface area contributed by atoms with Crippen molar-refractivity contribution >= 4 is 17.6 Å². The number of carbonyl (C=O) groups excluding carboxylic acids is 2. The van der Waals surface area contributed by atoms with Crippen molar-refractivity contribution in [3.05, 3.63) is 42.5 Å². The summed E-state index contributed by atoms with van der Waals surface area (Å²) in [4.78, 5) is 25.8. The molecule has 23 heavy (non-hydrogen) atoms. The van der Waals surface area contributed by atoms with Crippen LogP contribution >= 0.6 is 0 Å². The Kier molecular flexibility index (Phi) is 6.37. The van der Waals surface area contributed by atoms with E-state index < -0.39 is 0 Å². The average molecular weight is 312 g/mol. The van der Waals surface area contributed by atoms with Gasteiger partial charge in [0.25, 0.3) is 5.91 Å². The van der Waals surface area contributed by atoms with Crippen molar-refractivity contribution < 1.29 is 14.3 Å². The van der Waals surface area contributed by atoms with Crippen LogP contribution in [0.4, 0.5) is 5.69 Å². The summed E-state index contributed by atoms with van der Waals surface area (Å²) < 4.78 is 5.18. The lowest BCUT2D eigenvalue weighted by Gasteiger charge is -2.22. The molecule has 0 N–H and O–H groups in total. The second-order valence-electron chi connectivity index (χ2n) is 5.38. The molecule has 1 aliphatic carbocycles. The van der Waals surface area contributed by atoms with Gasteiger partial charge in [0.05, 0.1) is 18.4 Å². The number of amides is 1. The van der Waals surface area contributed by atoms with Gasteiger partial charge in [-0.15, -0.1) is 0 Å². The van der Waals surface area contributed by atoms with Crippen LogP contribution in [0.25, 0.3) is 0 Å². The summed E-state index contributed by atoms with van der Waals surface area (Å²) >= 11 is 0. The van der Waals surface area contributed by atoms with Crippen molar-refractivity contribution in [2.24, 2.45) is 5.92 Å². The molecule has 0 saturated carbocycles. The van der Waals surface area contributed by atoms with E-state index in [-0.39, 0.29) is 37.4 Å². The molecule has 0 heterocycles. The molecule has 1 aliphatic rings. The van der Waals surface area contributed by atoms with Crippen LogP contribution in [0.3, 0.4) is 0 Å². The maximum Gasteiger partial charge on any atom is 0.309 e. The number of allylic oxidation sites excluding steroid dienone is 2. The molecule has 1 aromatic rings. The predicted octanol–water partition coefficient (Wildman–Crippen LogP) is 2.83. The van der Waals surface area contributed by atoms with E-state index in [1.165, 1.54) is 4.90 Å². The fourth-order valence-corrected chi connectivity index (χ4v) is 2.50. The molecule has 1 atom stereocenters. The molecule has 0 radical (unpaired) electrons. The molecule has 1 amide bonds. The van der Waals surface area contributed by atoms with Crippen molar-refractivity contribution in [1.82, 2.24) is 0 Å². The van der Waals surface area contributed by atoms with Crippen LogP contribution < -0.4 is 4.90 Å². The first-order chi connectivity index (χ1) is 11.2. The number of carbonyl (C=O) groups is 2. The maximum atomic E-state index is 12.4. The van der Waals surface area contributed by atoms with Crippen LogP contribution in [0, 0.1) is 17.2 Å². The Bertz CT molecular complexity index is 604. The fourth-order valence-electron chi connectivity index (χ4n) is 2.50. The second kappa shape index (κ2) is 8.74. The molecule has 0 spiro atoms. The summed E-state index contributed by atoms with van der Waals surface area (Å²) in [6.07, 6.45) is 6.55. The van der Waals surface area contributed by atoms with Crippen LogP contribution in [0.15, 0.2) is 42.5 Å². The van der Waals surface area contributed by atoms with E-state index in [0.29, 0.717) is 12.1 Å². The van der Waals surface area contributed by atoms with E-state index >= 15 is 0 Å². The highest BCUT2D eigenvalue weighted by atomic mass is 16.5. The maximum absolute atomic E-state index is 12.4. The Hall–Kier alpha value is -2.61. The van der Waals surface area contributed by atoms with Crippen molar-refractivity contribution in [1.29, 1.82) is 5.26 Å². The first kappa shape index (κ1) is 16.8. The van der Waals surface area contributed by atoms with Crippen LogP contribution in [0.1, 0.15) is 25.7 Å². The molecule has 1 unspecified atom stereocenters. The predicted molar refractivity (Wildman–Crippen MR) is 86.5 cm³/mol. The van der Waals surface area contributed by atoms with Gasteiger partial charge in [-0.2, -0.15) is 5.26 Å². The van der Waals surface area contributed by atoms with Crippen LogP contribution in [0.2, 0.25) is 0 Å². The minimum Gasteiger partial charge on any atom is -0.455 e. The van der Waals surface area contributed by atoms with Crippen molar-refractivity contribution in [3.8, 4) is 6.07 Å². The zero-order valence-corrected chi connectivity index (χ0v) is 13.0. The standard InChI is InChI=1S/C18H20N2O3/c19-12-7-13-20(16-10-5-2-6-11-16)17(21)14-23-18(22)15-8-3-1-4-9-15/h1-3,5-6,10-11,15H,4,7-9,13-14H2. The number of rotatable bonds is 6. The molecule has 1 aromatic carbocycles. The largest absolute Gasteiger partial charge is 0.455 e. The molecule has 0 fully saturated rings. The summed E-state index contributed by atoms with van der Waals surface area (Å²) in [5.41, 5.74) is 0.699. The van der Waals surface area contributed by atoms with E-state index in [1.54, 1.807) is 12.1 Å². The SMILES string of the molecule is N#CCCN(C(=O)COC(=O)C1CC=CCC1)c1ccccc1. The fraction of sp³-hybridized carbons (Fsp3) is 0.389. The van der Waals surface area contributed by atoms with E-state index in [9.17, 15) is 9.59 Å². The van der Waals surface area contributed by atoms with Crippen molar-refractivity contribution in [2.75, 3.05) is 18.1 Å². The molecular weight excluding hydrogens is 292 g/mol. The van der Waals surface area contributed by atoms with Gasteiger partial charge in [0, 0.05) is 12.2 Å². The molecule has 120 valence electrons. The average Bonchev–Trinajstić information content (AvgIpc) is 2.61. The minimum atomic E-state index is -0.323. The Labute approximate surface area is 136 Å². The van der Waals surface area contributed by atoms with Crippen LogP contribution in [0.5, 0.6) is 0 Å². The normalized spacial score (nSPS) is 16.4. The van der Waals surface area contributed by atoms with E-state index in [4.69, 9.17) is 10.00 Å². The molecule has 5 nitrogen and oxygen atoms in total. The van der Waals surface area contributed by atoms with Gasteiger partial charge in [-0.25, -0.2) is 0 Å². The lowest BCUT2D eigenvalue weighted by molar-refractivity contribution is -0.152. The zero-order chi connectivity index (χ0) is 16.5. The van der Waals surface area contributed by atoms with Gasteiger partial charge in [0.15, 0.2) is 6.61 Å². The van der Waals surface area contributed by atoms with Crippen LogP contribution in [-0.4, -0.2) is 25.0 Å².